The molecular weight excluding hydrogens is 296 g/mol. The van der Waals surface area contributed by atoms with Gasteiger partial charge in [-0.15, -0.1) is 0 Å². The van der Waals surface area contributed by atoms with E-state index >= 15 is 0 Å². The van der Waals surface area contributed by atoms with Crippen molar-refractivity contribution in [1.82, 2.24) is 9.80 Å². The zero-order valence-electron chi connectivity index (χ0n) is 15.0. The molecule has 1 amide bonds. The fourth-order valence-electron chi connectivity index (χ4n) is 3.82. The third-order valence-corrected chi connectivity index (χ3v) is 4.84. The van der Waals surface area contributed by atoms with Crippen molar-refractivity contribution < 1.29 is 19.4 Å². The first-order chi connectivity index (χ1) is 10.5. The standard InChI is InChI=1S/C17H30N2O4/c1-12(2)13(14(20)21)18-8-6-17(10-18)7-9-19(11-17)15(22)23-16(3,4)5/h12-13H,6-11H2,1-5H3,(H,20,21)/t13-,17-/m0/s1. The molecule has 2 aliphatic rings. The van der Waals surface area contributed by atoms with Gasteiger partial charge in [0, 0.05) is 25.0 Å². The highest BCUT2D eigenvalue weighted by Crippen LogP contribution is 2.41. The van der Waals surface area contributed by atoms with Crippen molar-refractivity contribution in [2.24, 2.45) is 11.3 Å². The Morgan fingerprint density at radius 1 is 1.13 bits per heavy atom. The highest BCUT2D eigenvalue weighted by molar-refractivity contribution is 5.74. The number of carbonyl (C=O) groups excluding carboxylic acids is 1. The third kappa shape index (κ3) is 4.16. The number of nitrogens with zero attached hydrogens (tertiary/aromatic N) is 2. The molecule has 1 spiro atoms. The van der Waals surface area contributed by atoms with Crippen LogP contribution in [0.3, 0.4) is 0 Å². The molecule has 2 fully saturated rings. The summed E-state index contributed by atoms with van der Waals surface area (Å²) < 4.78 is 5.45. The normalized spacial score (nSPS) is 27.0. The molecule has 132 valence electrons. The Labute approximate surface area is 138 Å². The number of hydrogen-bond acceptors (Lipinski definition) is 4. The molecule has 6 heteroatoms. The van der Waals surface area contributed by atoms with Gasteiger partial charge in [0.25, 0.3) is 0 Å². The largest absolute Gasteiger partial charge is 0.480 e. The zero-order valence-corrected chi connectivity index (χ0v) is 15.0. The van der Waals surface area contributed by atoms with Gasteiger partial charge in [0.05, 0.1) is 0 Å². The SMILES string of the molecule is CC(C)[C@@H](C(=O)O)N1CC[C@]2(CCN(C(=O)OC(C)(C)C)C2)C1. The molecule has 0 radical (unpaired) electrons. The van der Waals surface area contributed by atoms with E-state index in [9.17, 15) is 14.7 Å². The van der Waals surface area contributed by atoms with Gasteiger partial charge in [0.15, 0.2) is 0 Å². The molecule has 2 saturated heterocycles. The van der Waals surface area contributed by atoms with Crippen LogP contribution in [0, 0.1) is 11.3 Å². The van der Waals surface area contributed by atoms with E-state index in [0.717, 1.165) is 25.9 Å². The molecule has 0 bridgehead atoms. The number of carboxylic acids is 1. The molecule has 1 N–H and O–H groups in total. The number of carboxylic acid groups (broad SMARTS) is 1. The predicted molar refractivity (Wildman–Crippen MR) is 87.3 cm³/mol. The highest BCUT2D eigenvalue weighted by Gasteiger charge is 2.48. The maximum Gasteiger partial charge on any atom is 0.410 e. The second-order valence-corrected chi connectivity index (χ2v) is 8.40. The first kappa shape index (κ1) is 18.0. The topological polar surface area (TPSA) is 70.1 Å². The summed E-state index contributed by atoms with van der Waals surface area (Å²) in [5.74, 6) is -0.676. The van der Waals surface area contributed by atoms with Gasteiger partial charge in [-0.1, -0.05) is 13.8 Å². The Hall–Kier alpha value is -1.30. The average Bonchev–Trinajstić information content (AvgIpc) is 2.95. The number of hydrogen-bond donors (Lipinski definition) is 1. The molecule has 6 nitrogen and oxygen atoms in total. The number of rotatable bonds is 3. The van der Waals surface area contributed by atoms with E-state index in [2.05, 4.69) is 4.90 Å². The van der Waals surface area contributed by atoms with Gasteiger partial charge in [-0.25, -0.2) is 4.79 Å². The van der Waals surface area contributed by atoms with Gasteiger partial charge >= 0.3 is 12.1 Å². The van der Waals surface area contributed by atoms with Crippen molar-refractivity contribution >= 4 is 12.1 Å². The van der Waals surface area contributed by atoms with Crippen LogP contribution in [0.2, 0.25) is 0 Å². The molecular formula is C17H30N2O4. The average molecular weight is 326 g/mol. The minimum absolute atomic E-state index is 0.0273. The number of likely N-dealkylation sites (tertiary alicyclic amines) is 2. The van der Waals surface area contributed by atoms with Crippen LogP contribution in [-0.4, -0.2) is 64.8 Å². The lowest BCUT2D eigenvalue weighted by Crippen LogP contribution is -2.45. The Balaban J connectivity index is 1.98. The van der Waals surface area contributed by atoms with Gasteiger partial charge in [-0.2, -0.15) is 0 Å². The van der Waals surface area contributed by atoms with Crippen LogP contribution >= 0.6 is 0 Å². The van der Waals surface area contributed by atoms with E-state index in [1.807, 2.05) is 34.6 Å². The third-order valence-electron chi connectivity index (χ3n) is 4.84. The molecule has 2 heterocycles. The lowest BCUT2D eigenvalue weighted by molar-refractivity contribution is -0.144. The summed E-state index contributed by atoms with van der Waals surface area (Å²) in [6.07, 6.45) is 1.61. The van der Waals surface area contributed by atoms with Crippen molar-refractivity contribution in [3.05, 3.63) is 0 Å². The number of ether oxygens (including phenoxy) is 1. The van der Waals surface area contributed by atoms with Crippen LogP contribution in [0.1, 0.15) is 47.5 Å². The fraction of sp³-hybridized carbons (Fsp3) is 0.882. The number of amides is 1. The van der Waals surface area contributed by atoms with Gasteiger partial charge in [-0.3, -0.25) is 9.69 Å². The minimum Gasteiger partial charge on any atom is -0.480 e. The van der Waals surface area contributed by atoms with Crippen LogP contribution < -0.4 is 0 Å². The fourth-order valence-corrected chi connectivity index (χ4v) is 3.82. The Bertz CT molecular complexity index is 472. The van der Waals surface area contributed by atoms with Gasteiger partial charge in [0.1, 0.15) is 11.6 Å². The molecule has 2 atom stereocenters. The zero-order chi connectivity index (χ0) is 17.4. The second kappa shape index (κ2) is 6.30. The smallest absolute Gasteiger partial charge is 0.410 e. The van der Waals surface area contributed by atoms with Gasteiger partial charge in [-0.05, 0) is 46.1 Å². The van der Waals surface area contributed by atoms with Gasteiger partial charge < -0.3 is 14.7 Å². The molecule has 0 aromatic rings. The molecule has 0 aromatic carbocycles. The summed E-state index contributed by atoms with van der Waals surface area (Å²) in [7, 11) is 0. The Morgan fingerprint density at radius 2 is 1.74 bits per heavy atom. The lowest BCUT2D eigenvalue weighted by Gasteiger charge is -2.30. The van der Waals surface area contributed by atoms with Crippen molar-refractivity contribution in [2.45, 2.75) is 59.1 Å². The molecule has 2 aliphatic heterocycles. The number of aliphatic carboxylic acids is 1. The molecule has 23 heavy (non-hydrogen) atoms. The Kier molecular flexibility index (Phi) is 4.95. The minimum atomic E-state index is -0.751. The van der Waals surface area contributed by atoms with Crippen LogP contribution in [0.5, 0.6) is 0 Å². The summed E-state index contributed by atoms with van der Waals surface area (Å²) in [5.41, 5.74) is -0.458. The molecule has 0 unspecified atom stereocenters. The van der Waals surface area contributed by atoms with Crippen molar-refractivity contribution in [3.63, 3.8) is 0 Å². The Morgan fingerprint density at radius 3 is 2.26 bits per heavy atom. The maximum atomic E-state index is 12.2. The lowest BCUT2D eigenvalue weighted by atomic mass is 9.86. The maximum absolute atomic E-state index is 12.2. The van der Waals surface area contributed by atoms with Crippen LogP contribution in [0.25, 0.3) is 0 Å². The van der Waals surface area contributed by atoms with Crippen LogP contribution in [0.4, 0.5) is 4.79 Å². The van der Waals surface area contributed by atoms with E-state index in [0.29, 0.717) is 13.1 Å². The first-order valence-corrected chi connectivity index (χ1v) is 8.48. The van der Waals surface area contributed by atoms with E-state index < -0.39 is 17.6 Å². The summed E-state index contributed by atoms with van der Waals surface area (Å²) in [6, 6.07) is -0.440. The van der Waals surface area contributed by atoms with Crippen molar-refractivity contribution in [3.8, 4) is 0 Å². The number of carbonyl (C=O) groups is 2. The summed E-state index contributed by atoms with van der Waals surface area (Å²) in [5, 5.41) is 9.48. The second-order valence-electron chi connectivity index (χ2n) is 8.40. The quantitative estimate of drug-likeness (QED) is 0.862. The van der Waals surface area contributed by atoms with E-state index in [4.69, 9.17) is 4.74 Å². The molecule has 0 aromatic heterocycles. The van der Waals surface area contributed by atoms with Crippen LogP contribution in [0.15, 0.2) is 0 Å². The molecule has 0 aliphatic carbocycles. The monoisotopic (exact) mass is 326 g/mol. The van der Waals surface area contributed by atoms with Crippen molar-refractivity contribution in [2.75, 3.05) is 26.2 Å². The summed E-state index contributed by atoms with van der Waals surface area (Å²) in [4.78, 5) is 27.6. The van der Waals surface area contributed by atoms with Crippen LogP contribution in [-0.2, 0) is 9.53 Å². The predicted octanol–water partition coefficient (Wildman–Crippen LogP) is 2.43. The van der Waals surface area contributed by atoms with E-state index in [1.165, 1.54) is 0 Å². The summed E-state index contributed by atoms with van der Waals surface area (Å²) >= 11 is 0. The van der Waals surface area contributed by atoms with E-state index in [-0.39, 0.29) is 17.4 Å². The van der Waals surface area contributed by atoms with Crippen molar-refractivity contribution in [1.29, 1.82) is 0 Å². The highest BCUT2D eigenvalue weighted by atomic mass is 16.6. The molecule has 0 saturated carbocycles. The summed E-state index contributed by atoms with van der Waals surface area (Å²) in [6.45, 7) is 12.4. The van der Waals surface area contributed by atoms with E-state index in [1.54, 1.807) is 4.90 Å². The first-order valence-electron chi connectivity index (χ1n) is 8.48. The van der Waals surface area contributed by atoms with Gasteiger partial charge in [0.2, 0.25) is 0 Å². The molecule has 2 rings (SSSR count).